The minimum atomic E-state index is -0.213. The molecule has 0 aliphatic carbocycles. The minimum absolute atomic E-state index is 0.213. The van der Waals surface area contributed by atoms with Gasteiger partial charge in [0.2, 0.25) is 0 Å². The van der Waals surface area contributed by atoms with Gasteiger partial charge in [-0.05, 0) is 28.1 Å². The average Bonchev–Trinajstić information content (AvgIpc) is 2.48. The summed E-state index contributed by atoms with van der Waals surface area (Å²) in [6, 6.07) is 3.50. The molecule has 13 heavy (non-hydrogen) atoms. The summed E-state index contributed by atoms with van der Waals surface area (Å²) in [7, 11) is 1.56. The van der Waals surface area contributed by atoms with E-state index in [1.54, 1.807) is 19.4 Å². The predicted molar refractivity (Wildman–Crippen MR) is 52.6 cm³/mol. The first-order chi connectivity index (χ1) is 6.22. The molecule has 1 aromatic rings. The highest BCUT2D eigenvalue weighted by atomic mass is 79.9. The van der Waals surface area contributed by atoms with Gasteiger partial charge in [-0.3, -0.25) is 4.79 Å². The highest BCUT2D eigenvalue weighted by molar-refractivity contribution is 9.10. The molecular weight excluding hydrogens is 234 g/mol. The Morgan fingerprint density at radius 3 is 2.92 bits per heavy atom. The van der Waals surface area contributed by atoms with Gasteiger partial charge >= 0.3 is 0 Å². The first kappa shape index (κ1) is 8.44. The predicted octanol–water partition coefficient (Wildman–Crippen LogP) is 2.03. The van der Waals surface area contributed by atoms with Crippen LogP contribution in [0.4, 0.5) is 0 Å². The maximum Gasteiger partial charge on any atom is 0.277 e. The van der Waals surface area contributed by atoms with E-state index in [1.807, 2.05) is 6.07 Å². The molecule has 1 aliphatic heterocycles. The minimum Gasteiger partial charge on any atom is -0.497 e. The number of carbonyl (C=O) groups excluding carboxylic acids is 1. The van der Waals surface area contributed by atoms with Crippen molar-refractivity contribution < 1.29 is 9.53 Å². The molecule has 3 nitrogen and oxygen atoms in total. The molecule has 0 unspecified atom stereocenters. The third kappa shape index (κ3) is 1.27. The fourth-order valence-electron chi connectivity index (χ4n) is 1.21. The van der Waals surface area contributed by atoms with E-state index in [1.165, 1.54) is 0 Å². The second kappa shape index (κ2) is 2.96. The van der Waals surface area contributed by atoms with Crippen molar-refractivity contribution in [2.24, 2.45) is 4.99 Å². The number of ether oxygens (including phenoxy) is 1. The lowest BCUT2D eigenvalue weighted by atomic mass is 10.1. The molecule has 2 rings (SSSR count). The Labute approximate surface area is 83.6 Å². The Kier molecular flexibility index (Phi) is 1.92. The molecular formula is C9H6BrNO2. The summed E-state index contributed by atoms with van der Waals surface area (Å²) in [4.78, 5) is 14.9. The Hall–Kier alpha value is -1.16. The summed E-state index contributed by atoms with van der Waals surface area (Å²) in [6.45, 7) is 0. The van der Waals surface area contributed by atoms with Crippen molar-refractivity contribution in [2.75, 3.05) is 7.11 Å². The van der Waals surface area contributed by atoms with Gasteiger partial charge in [0.25, 0.3) is 5.91 Å². The van der Waals surface area contributed by atoms with Crippen LogP contribution in [0.2, 0.25) is 0 Å². The van der Waals surface area contributed by atoms with Crippen LogP contribution in [0.5, 0.6) is 5.75 Å². The third-order valence-electron chi connectivity index (χ3n) is 1.88. The molecule has 66 valence electrons. The van der Waals surface area contributed by atoms with Crippen molar-refractivity contribution in [1.82, 2.24) is 0 Å². The van der Waals surface area contributed by atoms with Crippen molar-refractivity contribution in [2.45, 2.75) is 0 Å². The van der Waals surface area contributed by atoms with Gasteiger partial charge in [0, 0.05) is 16.3 Å². The van der Waals surface area contributed by atoms with E-state index >= 15 is 0 Å². The number of fused-ring (bicyclic) bond motifs is 1. The maximum absolute atomic E-state index is 11.2. The van der Waals surface area contributed by atoms with E-state index in [-0.39, 0.29) is 5.91 Å². The van der Waals surface area contributed by atoms with Gasteiger partial charge in [0.05, 0.1) is 12.7 Å². The summed E-state index contributed by atoms with van der Waals surface area (Å²) < 4.78 is 5.86. The monoisotopic (exact) mass is 239 g/mol. The van der Waals surface area contributed by atoms with Crippen LogP contribution < -0.4 is 4.74 Å². The van der Waals surface area contributed by atoms with E-state index in [9.17, 15) is 4.79 Å². The van der Waals surface area contributed by atoms with Gasteiger partial charge < -0.3 is 4.74 Å². The van der Waals surface area contributed by atoms with E-state index in [0.29, 0.717) is 11.3 Å². The Morgan fingerprint density at radius 1 is 1.46 bits per heavy atom. The zero-order valence-corrected chi connectivity index (χ0v) is 8.46. The molecule has 1 aromatic carbocycles. The van der Waals surface area contributed by atoms with E-state index < -0.39 is 0 Å². The van der Waals surface area contributed by atoms with Crippen LogP contribution in [0.3, 0.4) is 0 Å². The standard InChI is InChI=1S/C9H6BrNO2/c1-13-5-2-6-7(8(10)3-5)4-11-9(6)12/h2-4H,1H3. The Balaban J connectivity index is 2.64. The molecule has 1 amide bonds. The average molecular weight is 240 g/mol. The number of amides is 1. The SMILES string of the molecule is COc1cc(Br)c2c(c1)C(=O)N=C2. The van der Waals surface area contributed by atoms with Gasteiger partial charge in [-0.15, -0.1) is 0 Å². The van der Waals surface area contributed by atoms with Crippen LogP contribution in [0.1, 0.15) is 15.9 Å². The summed E-state index contributed by atoms with van der Waals surface area (Å²) in [5.41, 5.74) is 1.41. The van der Waals surface area contributed by atoms with E-state index in [4.69, 9.17) is 4.74 Å². The van der Waals surface area contributed by atoms with Crippen molar-refractivity contribution >= 4 is 28.1 Å². The van der Waals surface area contributed by atoms with Gasteiger partial charge in [0.15, 0.2) is 0 Å². The second-order valence-corrected chi connectivity index (χ2v) is 3.49. The van der Waals surface area contributed by atoms with Crippen molar-refractivity contribution in [3.8, 4) is 5.75 Å². The van der Waals surface area contributed by atoms with Crippen molar-refractivity contribution in [3.05, 3.63) is 27.7 Å². The second-order valence-electron chi connectivity index (χ2n) is 2.63. The normalized spacial score (nSPS) is 13.2. The topological polar surface area (TPSA) is 38.7 Å². The molecule has 0 N–H and O–H groups in total. The van der Waals surface area contributed by atoms with Gasteiger partial charge in [-0.1, -0.05) is 0 Å². The zero-order valence-electron chi connectivity index (χ0n) is 6.87. The van der Waals surface area contributed by atoms with Gasteiger partial charge in [-0.25, -0.2) is 4.99 Å². The third-order valence-corrected chi connectivity index (χ3v) is 2.54. The fraction of sp³-hybridized carbons (Fsp3) is 0.111. The fourth-order valence-corrected chi connectivity index (χ4v) is 1.75. The number of rotatable bonds is 1. The lowest BCUT2D eigenvalue weighted by Gasteiger charge is -2.03. The van der Waals surface area contributed by atoms with Gasteiger partial charge in [-0.2, -0.15) is 0 Å². The highest BCUT2D eigenvalue weighted by Gasteiger charge is 2.18. The van der Waals surface area contributed by atoms with E-state index in [2.05, 4.69) is 20.9 Å². The lowest BCUT2D eigenvalue weighted by Crippen LogP contribution is -1.94. The number of carbonyl (C=O) groups is 1. The van der Waals surface area contributed by atoms with Crippen LogP contribution in [0, 0.1) is 0 Å². The molecule has 4 heteroatoms. The molecule has 0 fully saturated rings. The molecule has 0 saturated carbocycles. The molecule has 0 bridgehead atoms. The molecule has 1 aliphatic rings. The summed E-state index contributed by atoms with van der Waals surface area (Å²) in [5, 5.41) is 0. The number of benzene rings is 1. The molecule has 0 spiro atoms. The molecule has 1 heterocycles. The number of aliphatic imine (C=N–C) groups is 1. The number of hydrogen-bond acceptors (Lipinski definition) is 2. The first-order valence-corrected chi connectivity index (χ1v) is 4.47. The highest BCUT2D eigenvalue weighted by Crippen LogP contribution is 2.28. The molecule has 0 radical (unpaired) electrons. The number of methoxy groups -OCH3 is 1. The van der Waals surface area contributed by atoms with Crippen LogP contribution >= 0.6 is 15.9 Å². The summed E-state index contributed by atoms with van der Waals surface area (Å²) in [6.07, 6.45) is 1.56. The largest absolute Gasteiger partial charge is 0.497 e. The first-order valence-electron chi connectivity index (χ1n) is 3.68. The quantitative estimate of drug-likeness (QED) is 0.753. The van der Waals surface area contributed by atoms with Crippen LogP contribution in [0.25, 0.3) is 0 Å². The van der Waals surface area contributed by atoms with Crippen molar-refractivity contribution in [1.29, 1.82) is 0 Å². The van der Waals surface area contributed by atoms with Gasteiger partial charge in [0.1, 0.15) is 5.75 Å². The maximum atomic E-state index is 11.2. The number of halogens is 1. The van der Waals surface area contributed by atoms with Crippen LogP contribution in [-0.2, 0) is 0 Å². The van der Waals surface area contributed by atoms with Crippen LogP contribution in [-0.4, -0.2) is 19.2 Å². The number of hydrogen-bond donors (Lipinski definition) is 0. The lowest BCUT2D eigenvalue weighted by molar-refractivity contribution is 0.101. The Morgan fingerprint density at radius 2 is 2.23 bits per heavy atom. The van der Waals surface area contributed by atoms with Crippen LogP contribution in [0.15, 0.2) is 21.6 Å². The molecule has 0 saturated heterocycles. The Bertz CT molecular complexity index is 412. The van der Waals surface area contributed by atoms with Crippen molar-refractivity contribution in [3.63, 3.8) is 0 Å². The smallest absolute Gasteiger partial charge is 0.277 e. The summed E-state index contributed by atoms with van der Waals surface area (Å²) in [5.74, 6) is 0.444. The summed E-state index contributed by atoms with van der Waals surface area (Å²) >= 11 is 3.34. The molecule has 0 atom stereocenters. The number of nitrogens with zero attached hydrogens (tertiary/aromatic N) is 1. The zero-order chi connectivity index (χ0) is 9.42. The molecule has 0 aromatic heterocycles. The van der Waals surface area contributed by atoms with E-state index in [0.717, 1.165) is 10.0 Å².